The molecule has 32 heavy (non-hydrogen) atoms. The van der Waals surface area contributed by atoms with E-state index in [1.807, 2.05) is 40.1 Å². The van der Waals surface area contributed by atoms with E-state index in [1.165, 1.54) is 0 Å². The second-order valence-electron chi connectivity index (χ2n) is 8.42. The van der Waals surface area contributed by atoms with Crippen LogP contribution in [0.2, 0.25) is 0 Å². The lowest BCUT2D eigenvalue weighted by molar-refractivity contribution is 0.441. The third-order valence-electron chi connectivity index (χ3n) is 5.49. The van der Waals surface area contributed by atoms with Gasteiger partial charge >= 0.3 is 0 Å². The van der Waals surface area contributed by atoms with Crippen LogP contribution in [0.15, 0.2) is 35.3 Å². The van der Waals surface area contributed by atoms with Crippen molar-refractivity contribution in [2.45, 2.75) is 37.0 Å². The van der Waals surface area contributed by atoms with Crippen molar-refractivity contribution < 1.29 is 0 Å². The number of hydrogen-bond acceptors (Lipinski definition) is 10. The highest BCUT2D eigenvalue weighted by atomic mass is 35.5. The molecule has 1 aromatic heterocycles. The van der Waals surface area contributed by atoms with Gasteiger partial charge in [-0.25, -0.2) is 0 Å². The molecule has 2 aliphatic heterocycles. The Bertz CT molecular complexity index is 861. The third-order valence-corrected chi connectivity index (χ3v) is 5.49. The van der Waals surface area contributed by atoms with Gasteiger partial charge in [-0.2, -0.15) is 19.9 Å². The normalized spacial score (nSPS) is 26.6. The van der Waals surface area contributed by atoms with Gasteiger partial charge in [-0.1, -0.05) is 30.3 Å². The van der Waals surface area contributed by atoms with Gasteiger partial charge < -0.3 is 38.5 Å². The van der Waals surface area contributed by atoms with Gasteiger partial charge in [-0.3, -0.25) is 0 Å². The fourth-order valence-electron chi connectivity index (χ4n) is 4.14. The Hall–Kier alpha value is -2.57. The van der Waals surface area contributed by atoms with Gasteiger partial charge in [-0.05, 0) is 12.8 Å². The minimum atomic E-state index is -0.0536. The molecule has 2 fully saturated rings. The summed E-state index contributed by atoms with van der Waals surface area (Å²) in [5, 5.41) is 0. The number of benzene rings is 1. The van der Waals surface area contributed by atoms with Crippen LogP contribution in [0.1, 0.15) is 18.4 Å². The monoisotopic (exact) mass is 461 g/mol. The molecular weight excluding hydrogens is 430 g/mol. The maximum atomic E-state index is 6.21. The smallest absolute Gasteiger partial charge is 0.257 e. The molecule has 0 saturated carbocycles. The average molecular weight is 462 g/mol. The molecule has 0 radical (unpaired) electrons. The number of nitrogens with two attached hydrogens (primary N) is 5. The Morgan fingerprint density at radius 3 is 1.62 bits per heavy atom. The summed E-state index contributed by atoms with van der Waals surface area (Å²) in [7, 11) is 0. The first-order chi connectivity index (χ1) is 14.9. The number of hydrogen-bond donors (Lipinski definition) is 5. The number of rotatable bonds is 4. The number of aromatic nitrogens is 3. The van der Waals surface area contributed by atoms with Crippen LogP contribution >= 0.6 is 12.4 Å². The maximum absolute atomic E-state index is 6.21. The van der Waals surface area contributed by atoms with Crippen molar-refractivity contribution >= 4 is 36.1 Å². The van der Waals surface area contributed by atoms with Crippen LogP contribution in [-0.4, -0.2) is 71.1 Å². The summed E-state index contributed by atoms with van der Waals surface area (Å²) in [4.78, 5) is 22.2. The maximum Gasteiger partial charge on any atom is 0.257 e. The summed E-state index contributed by atoms with van der Waals surface area (Å²) in [5.41, 5.74) is 31.7. The zero-order valence-corrected chi connectivity index (χ0v) is 18.7. The van der Waals surface area contributed by atoms with Crippen LogP contribution in [-0.2, 0) is 0 Å². The van der Waals surface area contributed by atoms with E-state index in [0.29, 0.717) is 43.9 Å². The predicted octanol–water partition coefficient (Wildman–Crippen LogP) is -0.940. The first-order valence-corrected chi connectivity index (χ1v) is 10.5. The minimum absolute atomic E-state index is 0. The predicted molar refractivity (Wildman–Crippen MR) is 129 cm³/mol. The van der Waals surface area contributed by atoms with E-state index in [4.69, 9.17) is 33.7 Å². The quantitative estimate of drug-likeness (QED) is 0.280. The van der Waals surface area contributed by atoms with Crippen LogP contribution in [0, 0.1) is 0 Å². The summed E-state index contributed by atoms with van der Waals surface area (Å²) >= 11 is 0. The van der Waals surface area contributed by atoms with Gasteiger partial charge in [0.15, 0.2) is 0 Å². The largest absolute Gasteiger partial charge is 0.383 e. The third kappa shape index (κ3) is 5.81. The second-order valence-corrected chi connectivity index (χ2v) is 8.42. The molecule has 0 aliphatic carbocycles. The summed E-state index contributed by atoms with van der Waals surface area (Å²) in [5.74, 6) is 1.50. The van der Waals surface area contributed by atoms with Crippen LogP contribution in [0.5, 0.6) is 0 Å². The minimum Gasteiger partial charge on any atom is -0.383 e. The van der Waals surface area contributed by atoms with E-state index in [-0.39, 0.29) is 42.5 Å². The molecule has 0 bridgehead atoms. The van der Waals surface area contributed by atoms with E-state index in [1.54, 1.807) is 0 Å². The number of piperidine rings is 2. The molecule has 2 aliphatic rings. The molecule has 2 aromatic rings. The van der Waals surface area contributed by atoms with Gasteiger partial charge in [0.25, 0.3) is 5.95 Å². The summed E-state index contributed by atoms with van der Waals surface area (Å²) in [6.45, 7) is 2.42. The van der Waals surface area contributed by atoms with Crippen molar-refractivity contribution in [3.8, 4) is 0 Å². The topological polar surface area (TPSA) is 188 Å². The van der Waals surface area contributed by atoms with Crippen LogP contribution in [0.3, 0.4) is 0 Å². The molecule has 12 heteroatoms. The summed E-state index contributed by atoms with van der Waals surface area (Å²) in [6, 6.07) is 9.26. The molecule has 4 atom stereocenters. The Kier molecular flexibility index (Phi) is 7.80. The number of halogens is 1. The standard InChI is InChI=1S/C20H31N11.ClH/c21-13-6-14(22)9-30(8-13)19-27-18(26-17(25)12-4-2-1-3-5-12)28-20(29-19)31-10-15(23)7-16(24)11-31;/h1-5,13-16H,6-11,21-24H2,(H2,25,26,27,28,29);1H/t13-,14+,15-,16+;. The number of nitrogens with zero attached hydrogens (tertiary/aromatic N) is 6. The van der Waals surface area contributed by atoms with Crippen molar-refractivity contribution in [1.29, 1.82) is 0 Å². The van der Waals surface area contributed by atoms with E-state index in [9.17, 15) is 0 Å². The molecule has 174 valence electrons. The fourth-order valence-corrected chi connectivity index (χ4v) is 4.14. The molecule has 10 N–H and O–H groups in total. The molecule has 3 heterocycles. The van der Waals surface area contributed by atoms with Crippen LogP contribution in [0.4, 0.5) is 17.8 Å². The first-order valence-electron chi connectivity index (χ1n) is 10.5. The Balaban J connectivity index is 0.00000289. The molecular formula is C20H32ClN11. The molecule has 4 rings (SSSR count). The zero-order chi connectivity index (χ0) is 22.0. The first kappa shape index (κ1) is 24.1. The molecule has 1 aromatic carbocycles. The Labute approximate surface area is 193 Å². The van der Waals surface area contributed by atoms with Gasteiger partial charge in [0.2, 0.25) is 11.9 Å². The van der Waals surface area contributed by atoms with Gasteiger partial charge in [0, 0.05) is 55.9 Å². The molecule has 0 spiro atoms. The molecule has 2 saturated heterocycles. The molecule has 0 unspecified atom stereocenters. The van der Waals surface area contributed by atoms with Crippen LogP contribution < -0.4 is 38.5 Å². The van der Waals surface area contributed by atoms with E-state index in [0.717, 1.165) is 18.4 Å². The Morgan fingerprint density at radius 2 is 1.19 bits per heavy atom. The van der Waals surface area contributed by atoms with Crippen LogP contribution in [0.25, 0.3) is 0 Å². The highest BCUT2D eigenvalue weighted by molar-refractivity contribution is 5.98. The average Bonchev–Trinajstić information content (AvgIpc) is 2.73. The highest BCUT2D eigenvalue weighted by Gasteiger charge is 2.28. The number of amidine groups is 1. The van der Waals surface area contributed by atoms with Gasteiger partial charge in [0.1, 0.15) is 5.84 Å². The Morgan fingerprint density at radius 1 is 0.750 bits per heavy atom. The summed E-state index contributed by atoms with van der Waals surface area (Å²) in [6.07, 6.45) is 1.52. The lowest BCUT2D eigenvalue weighted by atomic mass is 10.0. The molecule has 0 amide bonds. The van der Waals surface area contributed by atoms with Crippen molar-refractivity contribution in [1.82, 2.24) is 15.0 Å². The summed E-state index contributed by atoms with van der Waals surface area (Å²) < 4.78 is 0. The zero-order valence-electron chi connectivity index (χ0n) is 17.9. The van der Waals surface area contributed by atoms with E-state index >= 15 is 0 Å². The number of anilines is 2. The SMILES string of the molecule is Cl.NC(=Nc1nc(N2C[C@H](N)C[C@H](N)C2)nc(N2C[C@H](N)C[C@H](N)C2)n1)c1ccccc1. The van der Waals surface area contributed by atoms with Crippen molar-refractivity contribution in [2.75, 3.05) is 36.0 Å². The van der Waals surface area contributed by atoms with E-state index < -0.39 is 0 Å². The highest BCUT2D eigenvalue weighted by Crippen LogP contribution is 2.23. The van der Waals surface area contributed by atoms with Crippen molar-refractivity contribution in [3.05, 3.63) is 35.9 Å². The van der Waals surface area contributed by atoms with E-state index in [2.05, 4.69) is 15.0 Å². The van der Waals surface area contributed by atoms with Crippen molar-refractivity contribution in [2.24, 2.45) is 33.7 Å². The van der Waals surface area contributed by atoms with Gasteiger partial charge in [0.05, 0.1) is 0 Å². The van der Waals surface area contributed by atoms with Gasteiger partial charge in [-0.15, -0.1) is 12.4 Å². The lowest BCUT2D eigenvalue weighted by Gasteiger charge is -2.36. The molecule has 11 nitrogen and oxygen atoms in total. The lowest BCUT2D eigenvalue weighted by Crippen LogP contribution is -2.54. The second kappa shape index (κ2) is 10.4. The number of aliphatic imine (C=N–C) groups is 1. The van der Waals surface area contributed by atoms with Crippen molar-refractivity contribution in [3.63, 3.8) is 0 Å². The fraction of sp³-hybridized carbons (Fsp3) is 0.500.